The number of benzene rings is 2. The number of pyridine rings is 1. The van der Waals surface area contributed by atoms with Gasteiger partial charge in [0.15, 0.2) is 0 Å². The normalized spacial score (nSPS) is 12.0. The largest absolute Gasteiger partial charge is 0.419 e. The predicted molar refractivity (Wildman–Crippen MR) is 146 cm³/mol. The van der Waals surface area contributed by atoms with Crippen LogP contribution < -0.4 is 21.3 Å². The Bertz CT molecular complexity index is 1480. The zero-order valence-corrected chi connectivity index (χ0v) is 21.3. The highest BCUT2D eigenvalue weighted by atomic mass is 19.4. The fourth-order valence-corrected chi connectivity index (χ4v) is 4.23. The Morgan fingerprint density at radius 2 is 1.82 bits per heavy atom. The average molecular weight is 523 g/mol. The third-order valence-corrected chi connectivity index (χ3v) is 6.17. The van der Waals surface area contributed by atoms with E-state index >= 15 is 0 Å². The molecule has 198 valence electrons. The standard InChI is InChI=1S/C28H29F3N6O/c1-4-17(11-12-32-2)21-15-34-23-10-9-18(13-20(21)23)36-26-14-25(22(16-35-26)28(29,30)31)37-24-8-6-5-7-19(24)27(38)33-3/h4-10,13-16,32,34H,11-12H2,1-3H3,(H,33,38)(H2,35,36,37)/b17-4+. The van der Waals surface area contributed by atoms with E-state index < -0.39 is 17.6 Å². The van der Waals surface area contributed by atoms with Gasteiger partial charge in [0, 0.05) is 47.7 Å². The number of amides is 1. The fourth-order valence-electron chi connectivity index (χ4n) is 4.23. The number of anilines is 4. The molecule has 0 atom stereocenters. The Morgan fingerprint density at radius 3 is 2.53 bits per heavy atom. The lowest BCUT2D eigenvalue weighted by Gasteiger charge is -2.17. The van der Waals surface area contributed by atoms with E-state index in [-0.39, 0.29) is 22.8 Å². The van der Waals surface area contributed by atoms with Crippen LogP contribution in [-0.2, 0) is 6.18 Å². The van der Waals surface area contributed by atoms with Crippen molar-refractivity contribution in [2.45, 2.75) is 19.5 Å². The lowest BCUT2D eigenvalue weighted by atomic mass is 10.0. The Morgan fingerprint density at radius 1 is 1.03 bits per heavy atom. The van der Waals surface area contributed by atoms with E-state index in [0.717, 1.165) is 35.6 Å². The van der Waals surface area contributed by atoms with Gasteiger partial charge in [0.2, 0.25) is 0 Å². The molecule has 5 N–H and O–H groups in total. The second-order valence-corrected chi connectivity index (χ2v) is 8.62. The number of hydrogen-bond donors (Lipinski definition) is 5. The Balaban J connectivity index is 1.69. The molecule has 38 heavy (non-hydrogen) atoms. The first-order chi connectivity index (χ1) is 18.2. The lowest BCUT2D eigenvalue weighted by molar-refractivity contribution is -0.137. The van der Waals surface area contributed by atoms with Gasteiger partial charge in [0.1, 0.15) is 5.82 Å². The van der Waals surface area contributed by atoms with Gasteiger partial charge in [-0.3, -0.25) is 4.79 Å². The number of aromatic amines is 1. The van der Waals surface area contributed by atoms with Crippen LogP contribution in [-0.4, -0.2) is 36.5 Å². The molecule has 0 radical (unpaired) electrons. The number of alkyl halides is 3. The number of allylic oxidation sites excluding steroid dienone is 1. The molecule has 0 spiro atoms. The van der Waals surface area contributed by atoms with Crippen LogP contribution in [0.1, 0.15) is 34.8 Å². The maximum atomic E-state index is 13.8. The first-order valence-electron chi connectivity index (χ1n) is 12.1. The zero-order valence-electron chi connectivity index (χ0n) is 21.3. The first kappa shape index (κ1) is 26.7. The highest BCUT2D eigenvalue weighted by molar-refractivity contribution is 6.00. The molecule has 0 fully saturated rings. The van der Waals surface area contributed by atoms with Crippen LogP contribution in [0, 0.1) is 0 Å². The van der Waals surface area contributed by atoms with Gasteiger partial charge >= 0.3 is 6.18 Å². The van der Waals surface area contributed by atoms with E-state index in [9.17, 15) is 18.0 Å². The third kappa shape index (κ3) is 5.81. The molecule has 2 heterocycles. The van der Waals surface area contributed by atoms with Crippen LogP contribution in [0.4, 0.5) is 36.1 Å². The summed E-state index contributed by atoms with van der Waals surface area (Å²) in [6, 6.07) is 13.3. The highest BCUT2D eigenvalue weighted by Crippen LogP contribution is 2.38. The smallest absolute Gasteiger partial charge is 0.361 e. The van der Waals surface area contributed by atoms with Crippen molar-refractivity contribution in [3.63, 3.8) is 0 Å². The van der Waals surface area contributed by atoms with Crippen LogP contribution in [0.5, 0.6) is 0 Å². The van der Waals surface area contributed by atoms with E-state index in [1.807, 2.05) is 38.4 Å². The van der Waals surface area contributed by atoms with Crippen molar-refractivity contribution in [1.82, 2.24) is 20.6 Å². The minimum absolute atomic E-state index is 0.218. The van der Waals surface area contributed by atoms with Crippen molar-refractivity contribution in [2.24, 2.45) is 0 Å². The van der Waals surface area contributed by atoms with Gasteiger partial charge in [-0.15, -0.1) is 0 Å². The maximum absolute atomic E-state index is 13.8. The summed E-state index contributed by atoms with van der Waals surface area (Å²) < 4.78 is 41.5. The van der Waals surface area contributed by atoms with E-state index in [0.29, 0.717) is 5.69 Å². The molecule has 0 unspecified atom stereocenters. The third-order valence-electron chi connectivity index (χ3n) is 6.17. The number of halogens is 3. The Hall–Kier alpha value is -4.31. The summed E-state index contributed by atoms with van der Waals surface area (Å²) in [6.45, 7) is 2.83. The van der Waals surface area contributed by atoms with E-state index in [1.54, 1.807) is 18.2 Å². The van der Waals surface area contributed by atoms with Gasteiger partial charge in [0.25, 0.3) is 5.91 Å². The topological polar surface area (TPSA) is 93.9 Å². The molecule has 4 aromatic rings. The molecule has 0 aliphatic heterocycles. The molecule has 7 nitrogen and oxygen atoms in total. The number of rotatable bonds is 9. The number of nitrogens with one attached hydrogen (secondary N) is 5. The van der Waals surface area contributed by atoms with Gasteiger partial charge in [-0.2, -0.15) is 13.2 Å². The molecule has 0 bridgehead atoms. The monoisotopic (exact) mass is 522 g/mol. The zero-order chi connectivity index (χ0) is 27.3. The van der Waals surface area contributed by atoms with Crippen molar-refractivity contribution in [1.29, 1.82) is 0 Å². The summed E-state index contributed by atoms with van der Waals surface area (Å²) >= 11 is 0. The Kier molecular flexibility index (Phi) is 8.02. The first-order valence-corrected chi connectivity index (χ1v) is 12.1. The van der Waals surface area contributed by atoms with Crippen LogP contribution >= 0.6 is 0 Å². The molecule has 0 saturated heterocycles. The number of aromatic nitrogens is 2. The molecular formula is C28H29F3N6O. The van der Waals surface area contributed by atoms with Crippen molar-refractivity contribution < 1.29 is 18.0 Å². The quantitative estimate of drug-likeness (QED) is 0.174. The summed E-state index contributed by atoms with van der Waals surface area (Å²) in [7, 11) is 3.36. The number of H-pyrrole nitrogens is 1. The SMILES string of the molecule is C/C=C(\CCNC)c1c[nH]c2ccc(Nc3cc(Nc4ccccc4C(=O)NC)c(C(F)(F)F)cn3)cc12. The molecular weight excluding hydrogens is 493 g/mol. The number of para-hydroxylation sites is 1. The lowest BCUT2D eigenvalue weighted by Crippen LogP contribution is -2.19. The van der Waals surface area contributed by atoms with Crippen molar-refractivity contribution in [3.05, 3.63) is 83.7 Å². The van der Waals surface area contributed by atoms with Gasteiger partial charge in [0.05, 0.1) is 22.5 Å². The van der Waals surface area contributed by atoms with Gasteiger partial charge in [-0.05, 0) is 62.8 Å². The van der Waals surface area contributed by atoms with Crippen LogP contribution in [0.25, 0.3) is 16.5 Å². The minimum Gasteiger partial charge on any atom is -0.361 e. The molecule has 4 rings (SSSR count). The van der Waals surface area contributed by atoms with Crippen molar-refractivity contribution in [2.75, 3.05) is 31.3 Å². The molecule has 10 heteroatoms. The summed E-state index contributed by atoms with van der Waals surface area (Å²) in [4.78, 5) is 19.5. The number of carbonyl (C=O) groups excluding carboxylic acids is 1. The molecule has 1 amide bonds. The second-order valence-electron chi connectivity index (χ2n) is 8.62. The van der Waals surface area contributed by atoms with Crippen molar-refractivity contribution in [3.8, 4) is 0 Å². The molecule has 0 aliphatic rings. The summed E-state index contributed by atoms with van der Waals surface area (Å²) in [5.41, 5.74) is 3.16. The summed E-state index contributed by atoms with van der Waals surface area (Å²) in [5, 5.41) is 12.6. The highest BCUT2D eigenvalue weighted by Gasteiger charge is 2.34. The Labute approximate surface area is 218 Å². The number of hydrogen-bond acceptors (Lipinski definition) is 5. The molecule has 0 saturated carbocycles. The van der Waals surface area contributed by atoms with Crippen LogP contribution in [0.2, 0.25) is 0 Å². The van der Waals surface area contributed by atoms with E-state index in [4.69, 9.17) is 0 Å². The second kappa shape index (κ2) is 11.4. The van der Waals surface area contributed by atoms with Crippen LogP contribution in [0.15, 0.2) is 67.0 Å². The maximum Gasteiger partial charge on any atom is 0.419 e. The van der Waals surface area contributed by atoms with Gasteiger partial charge in [-0.25, -0.2) is 4.98 Å². The van der Waals surface area contributed by atoms with Gasteiger partial charge in [-0.1, -0.05) is 18.2 Å². The van der Waals surface area contributed by atoms with Crippen LogP contribution in [0.3, 0.4) is 0 Å². The number of fused-ring (bicyclic) bond motifs is 1. The minimum atomic E-state index is -4.65. The molecule has 0 aliphatic carbocycles. The predicted octanol–water partition coefficient (Wildman–Crippen LogP) is 6.44. The molecule has 2 aromatic heterocycles. The molecule has 2 aromatic carbocycles. The fraction of sp³-hybridized carbons (Fsp3) is 0.214. The van der Waals surface area contributed by atoms with E-state index in [1.165, 1.54) is 24.8 Å². The average Bonchev–Trinajstić information content (AvgIpc) is 3.31. The number of carbonyl (C=O) groups is 1. The van der Waals surface area contributed by atoms with Gasteiger partial charge < -0.3 is 26.3 Å². The van der Waals surface area contributed by atoms with E-state index in [2.05, 4.69) is 37.3 Å². The summed E-state index contributed by atoms with van der Waals surface area (Å²) in [5.74, 6) is -0.198. The number of nitrogens with zero attached hydrogens (tertiary/aromatic N) is 1. The summed E-state index contributed by atoms with van der Waals surface area (Å²) in [6.07, 6.45) is 1.02. The van der Waals surface area contributed by atoms with Crippen molar-refractivity contribution >= 4 is 45.3 Å².